The summed E-state index contributed by atoms with van der Waals surface area (Å²) >= 11 is 3.11. The number of unbranched alkanes of at least 4 members (excludes halogenated alkanes) is 3. The van der Waals surface area contributed by atoms with Gasteiger partial charge in [-0.1, -0.05) is 12.8 Å². The summed E-state index contributed by atoms with van der Waals surface area (Å²) in [6.07, 6.45) is 4.05. The van der Waals surface area contributed by atoms with Crippen molar-refractivity contribution in [1.29, 1.82) is 0 Å². The van der Waals surface area contributed by atoms with Crippen molar-refractivity contribution in [2.24, 2.45) is 0 Å². The number of hydrogen-bond donors (Lipinski definition) is 2. The fourth-order valence-electron chi connectivity index (χ4n) is 1.43. The molecule has 1 rings (SSSR count). The average Bonchev–Trinajstić information content (AvgIpc) is 2.28. The van der Waals surface area contributed by atoms with E-state index in [1.807, 2.05) is 6.07 Å². The molecule has 0 atom stereocenters. The average molecular weight is 290 g/mol. The fraction of sp³-hybridized carbons (Fsp3) is 0.500. The van der Waals surface area contributed by atoms with Gasteiger partial charge in [-0.25, -0.2) is 4.39 Å². The zero-order chi connectivity index (χ0) is 11.8. The lowest BCUT2D eigenvalue weighted by molar-refractivity contribution is 0.283. The van der Waals surface area contributed by atoms with Crippen LogP contribution in [0.1, 0.15) is 25.7 Å². The molecule has 0 bridgehead atoms. The van der Waals surface area contributed by atoms with Gasteiger partial charge in [-0.15, -0.1) is 0 Å². The zero-order valence-corrected chi connectivity index (χ0v) is 10.8. The van der Waals surface area contributed by atoms with Gasteiger partial charge in [0.2, 0.25) is 0 Å². The molecule has 1 aromatic carbocycles. The molecule has 0 aliphatic heterocycles. The highest BCUT2D eigenvalue weighted by Crippen LogP contribution is 2.19. The Morgan fingerprint density at radius 1 is 1.19 bits per heavy atom. The van der Waals surface area contributed by atoms with Gasteiger partial charge in [-0.3, -0.25) is 0 Å². The first-order valence-electron chi connectivity index (χ1n) is 5.54. The minimum absolute atomic E-state index is 0.245. The van der Waals surface area contributed by atoms with Crippen molar-refractivity contribution in [3.63, 3.8) is 0 Å². The van der Waals surface area contributed by atoms with Gasteiger partial charge < -0.3 is 10.4 Å². The smallest absolute Gasteiger partial charge is 0.139 e. The van der Waals surface area contributed by atoms with Crippen molar-refractivity contribution >= 4 is 21.6 Å². The number of nitrogens with one attached hydrogen (secondary N) is 1. The number of aliphatic hydroxyl groups excluding tert-OH is 1. The van der Waals surface area contributed by atoms with E-state index < -0.39 is 0 Å². The number of hydrogen-bond acceptors (Lipinski definition) is 2. The van der Waals surface area contributed by atoms with E-state index >= 15 is 0 Å². The molecule has 0 amide bonds. The second-order valence-corrected chi connectivity index (χ2v) is 4.55. The standard InChI is InChI=1S/C12H17BrFNO/c13-11-6-5-10(9-12(11)14)15-7-3-1-2-4-8-16/h5-6,9,15-16H,1-4,7-8H2. The quantitative estimate of drug-likeness (QED) is 0.753. The lowest BCUT2D eigenvalue weighted by atomic mass is 10.2. The zero-order valence-electron chi connectivity index (χ0n) is 9.18. The molecule has 0 radical (unpaired) electrons. The van der Waals surface area contributed by atoms with E-state index in [9.17, 15) is 4.39 Å². The molecule has 2 nitrogen and oxygen atoms in total. The molecular weight excluding hydrogens is 273 g/mol. The van der Waals surface area contributed by atoms with Gasteiger partial charge in [0.25, 0.3) is 0 Å². The summed E-state index contributed by atoms with van der Waals surface area (Å²) in [5.74, 6) is -0.245. The van der Waals surface area contributed by atoms with Gasteiger partial charge in [0, 0.05) is 18.8 Å². The molecule has 0 saturated carbocycles. The van der Waals surface area contributed by atoms with Crippen LogP contribution in [0.15, 0.2) is 22.7 Å². The van der Waals surface area contributed by atoms with Crippen LogP contribution in [-0.4, -0.2) is 18.3 Å². The highest BCUT2D eigenvalue weighted by molar-refractivity contribution is 9.10. The molecule has 2 N–H and O–H groups in total. The van der Waals surface area contributed by atoms with E-state index in [0.29, 0.717) is 4.47 Å². The maximum absolute atomic E-state index is 13.1. The van der Waals surface area contributed by atoms with Gasteiger partial charge in [0.05, 0.1) is 4.47 Å². The van der Waals surface area contributed by atoms with E-state index in [2.05, 4.69) is 21.2 Å². The lowest BCUT2D eigenvalue weighted by Gasteiger charge is -2.06. The van der Waals surface area contributed by atoms with Crippen LogP contribution < -0.4 is 5.32 Å². The number of rotatable bonds is 7. The van der Waals surface area contributed by atoms with E-state index in [1.54, 1.807) is 6.07 Å². The van der Waals surface area contributed by atoms with Crippen LogP contribution in [0.25, 0.3) is 0 Å². The van der Waals surface area contributed by atoms with Crippen molar-refractivity contribution in [3.8, 4) is 0 Å². The third-order valence-electron chi connectivity index (χ3n) is 2.33. The third kappa shape index (κ3) is 4.94. The highest BCUT2D eigenvalue weighted by Gasteiger charge is 1.99. The van der Waals surface area contributed by atoms with Crippen LogP contribution in [-0.2, 0) is 0 Å². The van der Waals surface area contributed by atoms with Gasteiger partial charge in [-0.2, -0.15) is 0 Å². The normalized spacial score (nSPS) is 10.4. The molecule has 0 aliphatic rings. The fourth-order valence-corrected chi connectivity index (χ4v) is 1.68. The summed E-state index contributed by atoms with van der Waals surface area (Å²) < 4.78 is 13.6. The first-order valence-corrected chi connectivity index (χ1v) is 6.33. The number of anilines is 1. The number of aliphatic hydroxyl groups is 1. The molecule has 0 aromatic heterocycles. The van der Waals surface area contributed by atoms with Crippen LogP contribution in [0, 0.1) is 5.82 Å². The monoisotopic (exact) mass is 289 g/mol. The Balaban J connectivity index is 2.19. The second kappa shape index (κ2) is 7.63. The van der Waals surface area contributed by atoms with Crippen LogP contribution in [0.4, 0.5) is 10.1 Å². The second-order valence-electron chi connectivity index (χ2n) is 3.69. The van der Waals surface area contributed by atoms with Crippen molar-refractivity contribution in [2.45, 2.75) is 25.7 Å². The van der Waals surface area contributed by atoms with E-state index in [-0.39, 0.29) is 12.4 Å². The van der Waals surface area contributed by atoms with Crippen LogP contribution in [0.5, 0.6) is 0 Å². The maximum Gasteiger partial charge on any atom is 0.139 e. The molecule has 1 aromatic rings. The minimum Gasteiger partial charge on any atom is -0.396 e. The summed E-state index contributed by atoms with van der Waals surface area (Å²) in [6.45, 7) is 1.11. The SMILES string of the molecule is OCCCCCCNc1ccc(Br)c(F)c1. The van der Waals surface area contributed by atoms with E-state index in [0.717, 1.165) is 37.9 Å². The largest absolute Gasteiger partial charge is 0.396 e. The number of halogens is 2. The Kier molecular flexibility index (Phi) is 6.42. The lowest BCUT2D eigenvalue weighted by Crippen LogP contribution is -2.01. The van der Waals surface area contributed by atoms with Crippen molar-refractivity contribution in [1.82, 2.24) is 0 Å². The summed E-state index contributed by atoms with van der Waals surface area (Å²) in [5, 5.41) is 11.8. The molecule has 0 aliphatic carbocycles. The summed E-state index contributed by atoms with van der Waals surface area (Å²) in [7, 11) is 0. The summed E-state index contributed by atoms with van der Waals surface area (Å²) in [5.41, 5.74) is 0.808. The van der Waals surface area contributed by atoms with E-state index in [1.165, 1.54) is 6.07 Å². The number of benzene rings is 1. The molecule has 0 unspecified atom stereocenters. The summed E-state index contributed by atoms with van der Waals surface area (Å²) in [4.78, 5) is 0. The molecule has 0 fully saturated rings. The third-order valence-corrected chi connectivity index (χ3v) is 2.98. The highest BCUT2D eigenvalue weighted by atomic mass is 79.9. The Morgan fingerprint density at radius 2 is 1.94 bits per heavy atom. The Hall–Kier alpha value is -0.610. The van der Waals surface area contributed by atoms with Crippen LogP contribution in [0.2, 0.25) is 0 Å². The van der Waals surface area contributed by atoms with Gasteiger partial charge in [0.1, 0.15) is 5.82 Å². The maximum atomic E-state index is 13.1. The molecule has 4 heteroatoms. The molecule has 16 heavy (non-hydrogen) atoms. The van der Waals surface area contributed by atoms with Crippen LogP contribution in [0.3, 0.4) is 0 Å². The van der Waals surface area contributed by atoms with Gasteiger partial charge in [0.15, 0.2) is 0 Å². The molecule has 0 spiro atoms. The molecule has 90 valence electrons. The van der Waals surface area contributed by atoms with Crippen molar-refractivity contribution < 1.29 is 9.50 Å². The predicted octanol–water partition coefficient (Wildman–Crippen LogP) is 3.55. The minimum atomic E-state index is -0.245. The Labute approximate surface area is 104 Å². The Morgan fingerprint density at radius 3 is 2.62 bits per heavy atom. The van der Waals surface area contributed by atoms with Crippen molar-refractivity contribution in [2.75, 3.05) is 18.5 Å². The van der Waals surface area contributed by atoms with Gasteiger partial charge in [-0.05, 0) is 47.0 Å². The Bertz CT molecular complexity index is 320. The topological polar surface area (TPSA) is 32.3 Å². The molecular formula is C12H17BrFNO. The van der Waals surface area contributed by atoms with E-state index in [4.69, 9.17) is 5.11 Å². The van der Waals surface area contributed by atoms with Crippen LogP contribution >= 0.6 is 15.9 Å². The molecule has 0 heterocycles. The predicted molar refractivity (Wildman–Crippen MR) is 68.1 cm³/mol. The first kappa shape index (κ1) is 13.5. The summed E-state index contributed by atoms with van der Waals surface area (Å²) in [6, 6.07) is 5.03. The first-order chi connectivity index (χ1) is 7.74. The molecule has 0 saturated heterocycles. The van der Waals surface area contributed by atoms with Gasteiger partial charge >= 0.3 is 0 Å². The van der Waals surface area contributed by atoms with Crippen molar-refractivity contribution in [3.05, 3.63) is 28.5 Å².